The zero-order chi connectivity index (χ0) is 24.7. The molecule has 0 saturated carbocycles. The summed E-state index contributed by atoms with van der Waals surface area (Å²) in [6.45, 7) is 4.99. The molecule has 2 aromatic heterocycles. The molecule has 2 N–H and O–H groups in total. The largest absolute Gasteiger partial charge is 0.494 e. The van der Waals surface area contributed by atoms with Gasteiger partial charge in [-0.3, -0.25) is 9.59 Å². The molecule has 0 aliphatic carbocycles. The summed E-state index contributed by atoms with van der Waals surface area (Å²) in [4.78, 5) is 41.0. The van der Waals surface area contributed by atoms with Crippen molar-refractivity contribution in [2.24, 2.45) is 0 Å². The molecule has 9 heteroatoms. The minimum absolute atomic E-state index is 0.105. The number of pyridine rings is 2. The second-order valence-electron chi connectivity index (χ2n) is 8.83. The van der Waals surface area contributed by atoms with Crippen molar-refractivity contribution < 1.29 is 24.2 Å². The van der Waals surface area contributed by atoms with Crippen LogP contribution in [-0.4, -0.2) is 40.2 Å². The molecule has 5 rings (SSSR count). The Morgan fingerprint density at radius 3 is 2.83 bits per heavy atom. The van der Waals surface area contributed by atoms with Gasteiger partial charge in [0.15, 0.2) is 5.60 Å². The molecule has 0 spiro atoms. The quantitative estimate of drug-likeness (QED) is 0.227. The number of ether oxygens (including phenoxy) is 2. The van der Waals surface area contributed by atoms with Gasteiger partial charge in [-0.05, 0) is 49.1 Å². The number of cyclic esters (lactones) is 1. The molecule has 0 saturated heterocycles. The molecule has 3 aromatic rings. The molecular weight excluding hydrogens is 450 g/mol. The standard InChI is InChI=1S/C26H27N3O6/c1-3-16-17-10-15(34-9-5-8-27-14-30)6-7-21(17)28-23-18(16)12-29-22(23)11-20-19(24(29)31)13-35-25(32)26(20,33)4-2/h6-7,10-11,14,33H,3-5,8-9,12-13H2,1-2H3,(H,27,30)/t26-/m0/s1. The lowest BCUT2D eigenvalue weighted by molar-refractivity contribution is -0.172. The molecular formula is C26H27N3O6. The van der Waals surface area contributed by atoms with E-state index in [1.54, 1.807) is 17.6 Å². The van der Waals surface area contributed by atoms with E-state index in [4.69, 9.17) is 14.5 Å². The number of fused-ring (bicyclic) bond motifs is 5. The molecule has 35 heavy (non-hydrogen) atoms. The Kier molecular flexibility index (Phi) is 5.80. The van der Waals surface area contributed by atoms with Crippen molar-refractivity contribution in [2.75, 3.05) is 13.2 Å². The van der Waals surface area contributed by atoms with Crippen LogP contribution in [0.4, 0.5) is 0 Å². The number of aromatic nitrogens is 2. The number of benzene rings is 1. The highest BCUT2D eigenvalue weighted by Gasteiger charge is 2.45. The third kappa shape index (κ3) is 3.58. The fourth-order valence-electron chi connectivity index (χ4n) is 5.06. The van der Waals surface area contributed by atoms with Gasteiger partial charge in [0.25, 0.3) is 5.56 Å². The van der Waals surface area contributed by atoms with Crippen LogP contribution in [0.25, 0.3) is 22.3 Å². The molecule has 2 aliphatic heterocycles. The average Bonchev–Trinajstić information content (AvgIpc) is 3.23. The first-order valence-corrected chi connectivity index (χ1v) is 11.8. The summed E-state index contributed by atoms with van der Waals surface area (Å²) in [7, 11) is 0. The van der Waals surface area contributed by atoms with E-state index < -0.39 is 11.6 Å². The van der Waals surface area contributed by atoms with E-state index in [1.807, 2.05) is 18.2 Å². The van der Waals surface area contributed by atoms with Crippen LogP contribution in [0.1, 0.15) is 48.9 Å². The van der Waals surface area contributed by atoms with Crippen LogP contribution in [0.3, 0.4) is 0 Å². The monoisotopic (exact) mass is 477 g/mol. The van der Waals surface area contributed by atoms with E-state index in [-0.39, 0.29) is 18.6 Å². The molecule has 1 aromatic carbocycles. The summed E-state index contributed by atoms with van der Waals surface area (Å²) < 4.78 is 12.7. The topological polar surface area (TPSA) is 120 Å². The number of hydrogen-bond acceptors (Lipinski definition) is 7. The number of carbonyl (C=O) groups is 2. The van der Waals surface area contributed by atoms with Crippen molar-refractivity contribution in [3.63, 3.8) is 0 Å². The summed E-state index contributed by atoms with van der Waals surface area (Å²) in [5.74, 6) is -0.0166. The van der Waals surface area contributed by atoms with Crippen LogP contribution in [0.2, 0.25) is 0 Å². The summed E-state index contributed by atoms with van der Waals surface area (Å²) in [6.07, 6.45) is 2.20. The van der Waals surface area contributed by atoms with Gasteiger partial charge in [-0.25, -0.2) is 9.78 Å². The lowest BCUT2D eigenvalue weighted by Crippen LogP contribution is -2.44. The first-order chi connectivity index (χ1) is 16.9. The molecule has 4 heterocycles. The maximum absolute atomic E-state index is 13.4. The van der Waals surface area contributed by atoms with Crippen LogP contribution < -0.4 is 15.6 Å². The number of esters is 1. The van der Waals surface area contributed by atoms with E-state index in [0.717, 1.165) is 28.5 Å². The second-order valence-corrected chi connectivity index (χ2v) is 8.83. The first-order valence-electron chi connectivity index (χ1n) is 11.8. The fraction of sp³-hybridized carbons (Fsp3) is 0.385. The Labute approximate surface area is 201 Å². The number of nitrogens with one attached hydrogen (secondary N) is 1. The SMILES string of the molecule is CCc1c2c(nc3ccc(OCCCNC=O)cc13)-c1cc3c(c(=O)n1C2)COC(=O)[C@]3(O)CC. The Morgan fingerprint density at radius 2 is 2.09 bits per heavy atom. The zero-order valence-electron chi connectivity index (χ0n) is 19.7. The molecule has 1 amide bonds. The predicted molar refractivity (Wildman–Crippen MR) is 128 cm³/mol. The predicted octanol–water partition coefficient (Wildman–Crippen LogP) is 2.16. The van der Waals surface area contributed by atoms with Crippen molar-refractivity contribution in [1.29, 1.82) is 0 Å². The van der Waals surface area contributed by atoms with Gasteiger partial charge in [0.05, 0.1) is 35.6 Å². The molecule has 0 bridgehead atoms. The lowest BCUT2D eigenvalue weighted by atomic mass is 9.86. The number of amides is 1. The van der Waals surface area contributed by atoms with Gasteiger partial charge in [0.1, 0.15) is 12.4 Å². The van der Waals surface area contributed by atoms with Crippen molar-refractivity contribution in [3.8, 4) is 17.1 Å². The van der Waals surface area contributed by atoms with E-state index in [0.29, 0.717) is 60.8 Å². The molecule has 182 valence electrons. The third-order valence-corrected chi connectivity index (χ3v) is 6.95. The van der Waals surface area contributed by atoms with Crippen LogP contribution in [0.5, 0.6) is 5.75 Å². The minimum Gasteiger partial charge on any atom is -0.494 e. The number of aryl methyl sites for hydroxylation is 1. The fourth-order valence-corrected chi connectivity index (χ4v) is 5.06. The van der Waals surface area contributed by atoms with E-state index in [2.05, 4.69) is 12.2 Å². The average molecular weight is 478 g/mol. The Hall–Kier alpha value is -3.72. The minimum atomic E-state index is -1.84. The summed E-state index contributed by atoms with van der Waals surface area (Å²) in [6, 6.07) is 7.45. The number of carbonyl (C=O) groups excluding carboxylic acids is 2. The van der Waals surface area contributed by atoms with Crippen molar-refractivity contribution in [3.05, 3.63) is 56.9 Å². The molecule has 0 unspecified atom stereocenters. The van der Waals surface area contributed by atoms with Crippen molar-refractivity contribution in [2.45, 2.75) is 51.9 Å². The van der Waals surface area contributed by atoms with Gasteiger partial charge in [0, 0.05) is 23.1 Å². The van der Waals surface area contributed by atoms with Crippen LogP contribution in [0.15, 0.2) is 29.1 Å². The maximum Gasteiger partial charge on any atom is 0.343 e. The van der Waals surface area contributed by atoms with Crippen molar-refractivity contribution in [1.82, 2.24) is 14.9 Å². The lowest BCUT2D eigenvalue weighted by Gasteiger charge is -2.31. The smallest absolute Gasteiger partial charge is 0.343 e. The van der Waals surface area contributed by atoms with Crippen LogP contribution in [0, 0.1) is 0 Å². The maximum atomic E-state index is 13.4. The van der Waals surface area contributed by atoms with Crippen molar-refractivity contribution >= 4 is 23.3 Å². The Balaban J connectivity index is 1.59. The Morgan fingerprint density at radius 1 is 1.26 bits per heavy atom. The van der Waals surface area contributed by atoms with Gasteiger partial charge in [-0.2, -0.15) is 0 Å². The van der Waals surface area contributed by atoms with Gasteiger partial charge in [-0.15, -0.1) is 0 Å². The first kappa shape index (κ1) is 23.0. The molecule has 0 fully saturated rings. The second kappa shape index (κ2) is 8.81. The number of aliphatic hydroxyl groups is 1. The van der Waals surface area contributed by atoms with Gasteiger partial charge < -0.3 is 24.5 Å². The molecule has 9 nitrogen and oxygen atoms in total. The summed E-state index contributed by atoms with van der Waals surface area (Å²) in [5, 5.41) is 14.6. The number of hydrogen-bond donors (Lipinski definition) is 2. The Bertz CT molecular complexity index is 1410. The van der Waals surface area contributed by atoms with E-state index in [9.17, 15) is 19.5 Å². The molecule has 2 aliphatic rings. The van der Waals surface area contributed by atoms with Gasteiger partial charge in [-0.1, -0.05) is 13.8 Å². The zero-order valence-corrected chi connectivity index (χ0v) is 19.7. The molecule has 1 atom stereocenters. The normalized spacial score (nSPS) is 18.0. The van der Waals surface area contributed by atoms with E-state index >= 15 is 0 Å². The summed E-state index contributed by atoms with van der Waals surface area (Å²) >= 11 is 0. The van der Waals surface area contributed by atoms with Crippen LogP contribution in [-0.2, 0) is 39.5 Å². The van der Waals surface area contributed by atoms with Gasteiger partial charge in [0.2, 0.25) is 6.41 Å². The van der Waals surface area contributed by atoms with Gasteiger partial charge >= 0.3 is 5.97 Å². The highest BCUT2D eigenvalue weighted by Crippen LogP contribution is 2.40. The van der Waals surface area contributed by atoms with Crippen LogP contribution >= 0.6 is 0 Å². The number of rotatable bonds is 8. The third-order valence-electron chi connectivity index (χ3n) is 6.95. The summed E-state index contributed by atoms with van der Waals surface area (Å²) in [5.41, 5.74) is 2.62. The highest BCUT2D eigenvalue weighted by molar-refractivity contribution is 5.90. The highest BCUT2D eigenvalue weighted by atomic mass is 16.6. The number of nitrogens with zero attached hydrogens (tertiary/aromatic N) is 2. The van der Waals surface area contributed by atoms with E-state index in [1.165, 1.54) is 0 Å². The molecule has 0 radical (unpaired) electrons.